The molecule has 1 aliphatic rings. The molecule has 0 atom stereocenters. The number of rotatable bonds is 3. The first-order chi connectivity index (χ1) is 8.16. The Morgan fingerprint density at radius 2 is 2.00 bits per heavy atom. The molecule has 0 spiro atoms. The highest BCUT2D eigenvalue weighted by Gasteiger charge is 2.24. The topological polar surface area (TPSA) is 40.5 Å². The first kappa shape index (κ1) is 12.6. The highest BCUT2D eigenvalue weighted by Crippen LogP contribution is 2.22. The standard InChI is InChI=1S/C13H16BrNO2/c14-12-4-2-1-3-11(12)9-15-7-5-10(6-8-15)13(16)17/h1-4,10H,5-9H2,(H,16,17). The van der Waals surface area contributed by atoms with Crippen molar-refractivity contribution in [1.82, 2.24) is 4.90 Å². The van der Waals surface area contributed by atoms with Crippen molar-refractivity contribution in [2.75, 3.05) is 13.1 Å². The van der Waals surface area contributed by atoms with Crippen molar-refractivity contribution < 1.29 is 9.90 Å². The molecular weight excluding hydrogens is 282 g/mol. The van der Waals surface area contributed by atoms with Gasteiger partial charge in [0.25, 0.3) is 0 Å². The molecule has 0 bridgehead atoms. The number of nitrogens with zero attached hydrogens (tertiary/aromatic N) is 1. The molecule has 3 nitrogen and oxygen atoms in total. The number of carboxylic acid groups (broad SMARTS) is 1. The van der Waals surface area contributed by atoms with Crippen molar-refractivity contribution in [1.29, 1.82) is 0 Å². The minimum Gasteiger partial charge on any atom is -0.481 e. The van der Waals surface area contributed by atoms with Crippen LogP contribution in [0.4, 0.5) is 0 Å². The maximum atomic E-state index is 10.8. The molecule has 4 heteroatoms. The minimum absolute atomic E-state index is 0.148. The molecular formula is C13H16BrNO2. The highest BCUT2D eigenvalue weighted by molar-refractivity contribution is 9.10. The van der Waals surface area contributed by atoms with Crippen LogP contribution < -0.4 is 0 Å². The molecule has 0 unspecified atom stereocenters. The summed E-state index contributed by atoms with van der Waals surface area (Å²) in [5.41, 5.74) is 1.27. The number of aliphatic carboxylic acids is 1. The number of piperidine rings is 1. The summed E-state index contributed by atoms with van der Waals surface area (Å²) in [5.74, 6) is -0.795. The van der Waals surface area contributed by atoms with Crippen molar-refractivity contribution in [2.24, 2.45) is 5.92 Å². The Kier molecular flexibility index (Phi) is 4.18. The number of hydrogen-bond acceptors (Lipinski definition) is 2. The number of likely N-dealkylation sites (tertiary alicyclic amines) is 1. The van der Waals surface area contributed by atoms with E-state index in [1.165, 1.54) is 5.56 Å². The van der Waals surface area contributed by atoms with Crippen LogP contribution in [0, 0.1) is 5.92 Å². The van der Waals surface area contributed by atoms with Crippen LogP contribution in [0.1, 0.15) is 18.4 Å². The van der Waals surface area contributed by atoms with Crippen LogP contribution in [0.3, 0.4) is 0 Å². The lowest BCUT2D eigenvalue weighted by molar-refractivity contribution is -0.143. The molecule has 17 heavy (non-hydrogen) atoms. The van der Waals surface area contributed by atoms with E-state index >= 15 is 0 Å². The van der Waals surface area contributed by atoms with Gasteiger partial charge in [0.15, 0.2) is 0 Å². The Morgan fingerprint density at radius 3 is 2.59 bits per heavy atom. The van der Waals surface area contributed by atoms with Crippen LogP contribution in [0.2, 0.25) is 0 Å². The van der Waals surface area contributed by atoms with Gasteiger partial charge >= 0.3 is 5.97 Å². The Labute approximate surface area is 110 Å². The second kappa shape index (κ2) is 5.65. The van der Waals surface area contributed by atoms with Crippen LogP contribution in [-0.2, 0) is 11.3 Å². The summed E-state index contributed by atoms with van der Waals surface area (Å²) in [6.07, 6.45) is 1.53. The second-order valence-corrected chi connectivity index (χ2v) is 5.33. The summed E-state index contributed by atoms with van der Waals surface area (Å²) in [6, 6.07) is 8.18. The smallest absolute Gasteiger partial charge is 0.306 e. The zero-order valence-corrected chi connectivity index (χ0v) is 11.2. The average molecular weight is 298 g/mol. The lowest BCUT2D eigenvalue weighted by Crippen LogP contribution is -2.35. The summed E-state index contributed by atoms with van der Waals surface area (Å²) in [4.78, 5) is 13.2. The third-order valence-electron chi connectivity index (χ3n) is 3.29. The zero-order valence-electron chi connectivity index (χ0n) is 9.60. The molecule has 1 aliphatic heterocycles. The van der Waals surface area contributed by atoms with Crippen molar-refractivity contribution in [3.05, 3.63) is 34.3 Å². The van der Waals surface area contributed by atoms with E-state index in [2.05, 4.69) is 26.9 Å². The van der Waals surface area contributed by atoms with Crippen LogP contribution in [0.25, 0.3) is 0 Å². The number of carbonyl (C=O) groups is 1. The van der Waals surface area contributed by atoms with Gasteiger partial charge in [-0.3, -0.25) is 9.69 Å². The Bertz CT molecular complexity index is 400. The van der Waals surface area contributed by atoms with Gasteiger partial charge in [0.05, 0.1) is 5.92 Å². The number of halogens is 1. The van der Waals surface area contributed by atoms with Gasteiger partial charge in [0.1, 0.15) is 0 Å². The monoisotopic (exact) mass is 297 g/mol. The summed E-state index contributed by atoms with van der Waals surface area (Å²) < 4.78 is 1.13. The van der Waals surface area contributed by atoms with Crippen molar-refractivity contribution in [3.8, 4) is 0 Å². The minimum atomic E-state index is -0.648. The molecule has 0 radical (unpaired) electrons. The maximum absolute atomic E-state index is 10.8. The molecule has 1 saturated heterocycles. The molecule has 92 valence electrons. The van der Waals surface area contributed by atoms with E-state index in [1.807, 2.05) is 18.2 Å². The highest BCUT2D eigenvalue weighted by atomic mass is 79.9. The van der Waals surface area contributed by atoms with Crippen LogP contribution in [0.5, 0.6) is 0 Å². The third kappa shape index (κ3) is 3.30. The molecule has 2 rings (SSSR count). The predicted octanol–water partition coefficient (Wildman–Crippen LogP) is 2.75. The van der Waals surface area contributed by atoms with E-state index < -0.39 is 5.97 Å². The van der Waals surface area contributed by atoms with Crippen LogP contribution in [-0.4, -0.2) is 29.1 Å². The van der Waals surface area contributed by atoms with E-state index in [9.17, 15) is 4.79 Å². The molecule has 1 N–H and O–H groups in total. The SMILES string of the molecule is O=C(O)C1CCN(Cc2ccccc2Br)CC1. The molecule has 1 fully saturated rings. The molecule has 0 aliphatic carbocycles. The first-order valence-electron chi connectivity index (χ1n) is 5.85. The molecule has 1 aromatic carbocycles. The van der Waals surface area contributed by atoms with E-state index in [-0.39, 0.29) is 5.92 Å². The lowest BCUT2D eigenvalue weighted by atomic mass is 9.97. The molecule has 0 saturated carbocycles. The van der Waals surface area contributed by atoms with Crippen molar-refractivity contribution >= 4 is 21.9 Å². The Hall–Kier alpha value is -0.870. The predicted molar refractivity (Wildman–Crippen MR) is 69.8 cm³/mol. The number of carboxylic acids is 1. The summed E-state index contributed by atoms with van der Waals surface area (Å²) in [5, 5.41) is 8.93. The lowest BCUT2D eigenvalue weighted by Gasteiger charge is -2.30. The van der Waals surface area contributed by atoms with Gasteiger partial charge in [-0.2, -0.15) is 0 Å². The molecule has 1 heterocycles. The average Bonchev–Trinajstić information content (AvgIpc) is 2.33. The van der Waals surface area contributed by atoms with E-state index in [0.717, 1.165) is 36.9 Å². The van der Waals surface area contributed by atoms with Crippen molar-refractivity contribution in [3.63, 3.8) is 0 Å². The summed E-state index contributed by atoms with van der Waals surface area (Å²) in [7, 11) is 0. The summed E-state index contributed by atoms with van der Waals surface area (Å²) >= 11 is 3.54. The van der Waals surface area contributed by atoms with E-state index in [1.54, 1.807) is 0 Å². The number of benzene rings is 1. The van der Waals surface area contributed by atoms with Gasteiger partial charge in [-0.05, 0) is 37.6 Å². The molecule has 0 amide bonds. The third-order valence-corrected chi connectivity index (χ3v) is 4.06. The largest absolute Gasteiger partial charge is 0.481 e. The van der Waals surface area contributed by atoms with Crippen LogP contribution >= 0.6 is 15.9 Å². The fourth-order valence-corrected chi connectivity index (χ4v) is 2.62. The quantitative estimate of drug-likeness (QED) is 0.933. The fourth-order valence-electron chi connectivity index (χ4n) is 2.21. The van der Waals surface area contributed by atoms with Crippen molar-refractivity contribution in [2.45, 2.75) is 19.4 Å². The van der Waals surface area contributed by atoms with Crippen LogP contribution in [0.15, 0.2) is 28.7 Å². The first-order valence-corrected chi connectivity index (χ1v) is 6.64. The second-order valence-electron chi connectivity index (χ2n) is 4.48. The Balaban J connectivity index is 1.90. The van der Waals surface area contributed by atoms with Gasteiger partial charge < -0.3 is 5.11 Å². The molecule has 1 aromatic rings. The van der Waals surface area contributed by atoms with Gasteiger partial charge in [-0.15, -0.1) is 0 Å². The van der Waals surface area contributed by atoms with Gasteiger partial charge in [0.2, 0.25) is 0 Å². The van der Waals surface area contributed by atoms with Gasteiger partial charge in [-0.1, -0.05) is 34.1 Å². The van der Waals surface area contributed by atoms with E-state index in [0.29, 0.717) is 0 Å². The van der Waals surface area contributed by atoms with Gasteiger partial charge in [-0.25, -0.2) is 0 Å². The maximum Gasteiger partial charge on any atom is 0.306 e. The zero-order chi connectivity index (χ0) is 12.3. The molecule has 0 aromatic heterocycles. The Morgan fingerprint density at radius 1 is 1.35 bits per heavy atom. The van der Waals surface area contributed by atoms with Gasteiger partial charge in [0, 0.05) is 11.0 Å². The van der Waals surface area contributed by atoms with E-state index in [4.69, 9.17) is 5.11 Å². The fraction of sp³-hybridized carbons (Fsp3) is 0.462. The number of hydrogen-bond donors (Lipinski definition) is 1. The summed E-state index contributed by atoms with van der Waals surface area (Å²) in [6.45, 7) is 2.64. The normalized spacial score (nSPS) is 18.2.